The second-order valence-corrected chi connectivity index (χ2v) is 3.15. The maximum absolute atomic E-state index is 5.43. The number of aromatic amines is 1. The molecule has 0 radical (unpaired) electrons. The number of rotatable bonds is 1. The fourth-order valence-electron chi connectivity index (χ4n) is 1.41. The molecule has 1 aliphatic heterocycles. The molecule has 1 aromatic rings. The quantitative estimate of drug-likeness (QED) is 0.620. The highest BCUT2D eigenvalue weighted by Crippen LogP contribution is 2.12. The fraction of sp³-hybridized carbons (Fsp3) is 0.714. The zero-order chi connectivity index (χ0) is 9.26. The number of morpholine rings is 1. The third kappa shape index (κ3) is 1.72. The minimum Gasteiger partial charge on any atom is -0.375 e. The summed E-state index contributed by atoms with van der Waals surface area (Å²) in [5.41, 5.74) is 5.43. The molecule has 1 saturated heterocycles. The molecular formula is C7H13N5O. The van der Waals surface area contributed by atoms with Crippen LogP contribution in [0.4, 0.5) is 11.9 Å². The smallest absolute Gasteiger partial charge is 0.246 e. The molecule has 1 atom stereocenters. The Morgan fingerprint density at radius 3 is 3.15 bits per heavy atom. The molecule has 0 spiro atoms. The molecule has 1 unspecified atom stereocenters. The van der Waals surface area contributed by atoms with E-state index in [-0.39, 0.29) is 6.10 Å². The topological polar surface area (TPSA) is 80.1 Å². The first-order valence-corrected chi connectivity index (χ1v) is 4.30. The monoisotopic (exact) mass is 183 g/mol. The summed E-state index contributed by atoms with van der Waals surface area (Å²) in [4.78, 5) is 6.11. The predicted molar refractivity (Wildman–Crippen MR) is 48.4 cm³/mol. The summed E-state index contributed by atoms with van der Waals surface area (Å²) in [6.45, 7) is 4.39. The Morgan fingerprint density at radius 1 is 1.69 bits per heavy atom. The molecule has 1 fully saturated rings. The molecule has 13 heavy (non-hydrogen) atoms. The summed E-state index contributed by atoms with van der Waals surface area (Å²) in [5, 5.41) is 6.60. The Labute approximate surface area is 76.1 Å². The van der Waals surface area contributed by atoms with E-state index in [9.17, 15) is 0 Å². The van der Waals surface area contributed by atoms with Gasteiger partial charge in [-0.05, 0) is 6.92 Å². The molecule has 2 rings (SSSR count). The van der Waals surface area contributed by atoms with E-state index in [4.69, 9.17) is 10.5 Å². The summed E-state index contributed by atoms with van der Waals surface area (Å²) in [6, 6.07) is 0. The minimum atomic E-state index is 0.230. The lowest BCUT2D eigenvalue weighted by Crippen LogP contribution is -2.41. The van der Waals surface area contributed by atoms with Crippen molar-refractivity contribution in [1.82, 2.24) is 15.2 Å². The van der Waals surface area contributed by atoms with Gasteiger partial charge in [-0.3, -0.25) is 0 Å². The van der Waals surface area contributed by atoms with Gasteiger partial charge < -0.3 is 15.4 Å². The van der Waals surface area contributed by atoms with E-state index in [1.165, 1.54) is 0 Å². The highest BCUT2D eigenvalue weighted by Gasteiger charge is 2.19. The van der Waals surface area contributed by atoms with Crippen LogP contribution in [0.5, 0.6) is 0 Å². The third-order valence-electron chi connectivity index (χ3n) is 2.01. The Morgan fingerprint density at radius 2 is 2.54 bits per heavy atom. The first-order valence-electron chi connectivity index (χ1n) is 4.30. The van der Waals surface area contributed by atoms with Crippen LogP contribution in [0, 0.1) is 0 Å². The van der Waals surface area contributed by atoms with E-state index in [0.717, 1.165) is 19.7 Å². The Hall–Kier alpha value is -1.30. The summed E-state index contributed by atoms with van der Waals surface area (Å²) in [7, 11) is 0. The van der Waals surface area contributed by atoms with Gasteiger partial charge in [0.25, 0.3) is 0 Å². The number of nitrogen functional groups attached to an aromatic ring is 1. The largest absolute Gasteiger partial charge is 0.375 e. The lowest BCUT2D eigenvalue weighted by molar-refractivity contribution is 0.0526. The van der Waals surface area contributed by atoms with Crippen LogP contribution in [0.15, 0.2) is 0 Å². The molecular weight excluding hydrogens is 170 g/mol. The Balaban J connectivity index is 2.08. The van der Waals surface area contributed by atoms with Crippen molar-refractivity contribution >= 4 is 11.9 Å². The maximum atomic E-state index is 5.43. The summed E-state index contributed by atoms with van der Waals surface area (Å²) < 4.78 is 5.40. The van der Waals surface area contributed by atoms with E-state index in [1.54, 1.807) is 0 Å². The molecule has 1 aromatic heterocycles. The van der Waals surface area contributed by atoms with Crippen molar-refractivity contribution in [2.45, 2.75) is 13.0 Å². The van der Waals surface area contributed by atoms with Crippen LogP contribution >= 0.6 is 0 Å². The van der Waals surface area contributed by atoms with Gasteiger partial charge in [0.05, 0.1) is 12.7 Å². The van der Waals surface area contributed by atoms with E-state index < -0.39 is 0 Å². The van der Waals surface area contributed by atoms with Gasteiger partial charge in [0.15, 0.2) is 0 Å². The van der Waals surface area contributed by atoms with Gasteiger partial charge >= 0.3 is 0 Å². The number of nitrogens with zero attached hydrogens (tertiary/aromatic N) is 3. The third-order valence-corrected chi connectivity index (χ3v) is 2.01. The molecule has 1 aliphatic rings. The highest BCUT2D eigenvalue weighted by molar-refractivity contribution is 5.34. The molecule has 0 aliphatic carbocycles. The number of H-pyrrole nitrogens is 1. The fourth-order valence-corrected chi connectivity index (χ4v) is 1.41. The van der Waals surface area contributed by atoms with Crippen LogP contribution in [-0.4, -0.2) is 41.0 Å². The van der Waals surface area contributed by atoms with Crippen molar-refractivity contribution in [3.63, 3.8) is 0 Å². The maximum Gasteiger partial charge on any atom is 0.246 e. The molecule has 0 bridgehead atoms. The minimum absolute atomic E-state index is 0.230. The number of nitrogens with two attached hydrogens (primary N) is 1. The molecule has 0 amide bonds. The Kier molecular flexibility index (Phi) is 2.05. The van der Waals surface area contributed by atoms with E-state index in [0.29, 0.717) is 11.9 Å². The van der Waals surface area contributed by atoms with Crippen LogP contribution < -0.4 is 10.6 Å². The second-order valence-electron chi connectivity index (χ2n) is 3.15. The van der Waals surface area contributed by atoms with Gasteiger partial charge in [-0.15, -0.1) is 5.10 Å². The van der Waals surface area contributed by atoms with Crippen LogP contribution in [-0.2, 0) is 4.74 Å². The summed E-state index contributed by atoms with van der Waals surface area (Å²) in [5.74, 6) is 1.02. The zero-order valence-electron chi connectivity index (χ0n) is 7.53. The zero-order valence-corrected chi connectivity index (χ0v) is 7.53. The van der Waals surface area contributed by atoms with Crippen molar-refractivity contribution in [3.05, 3.63) is 0 Å². The number of ether oxygens (including phenoxy) is 1. The van der Waals surface area contributed by atoms with Crippen molar-refractivity contribution in [3.8, 4) is 0 Å². The molecule has 3 N–H and O–H groups in total. The molecule has 6 heteroatoms. The first kappa shape index (κ1) is 8.31. The van der Waals surface area contributed by atoms with Crippen molar-refractivity contribution in [2.75, 3.05) is 30.3 Å². The molecule has 0 aromatic carbocycles. The van der Waals surface area contributed by atoms with Gasteiger partial charge in [0.2, 0.25) is 11.9 Å². The van der Waals surface area contributed by atoms with Crippen molar-refractivity contribution in [2.24, 2.45) is 0 Å². The number of hydrogen-bond acceptors (Lipinski definition) is 5. The van der Waals surface area contributed by atoms with E-state index in [1.807, 2.05) is 6.92 Å². The van der Waals surface area contributed by atoms with Crippen LogP contribution in [0.25, 0.3) is 0 Å². The van der Waals surface area contributed by atoms with Crippen LogP contribution in [0.3, 0.4) is 0 Å². The summed E-state index contributed by atoms with van der Waals surface area (Å²) >= 11 is 0. The number of anilines is 2. The van der Waals surface area contributed by atoms with Gasteiger partial charge in [-0.1, -0.05) is 0 Å². The molecule has 2 heterocycles. The lowest BCUT2D eigenvalue weighted by atomic mass is 10.3. The predicted octanol–water partition coefficient (Wildman–Crippen LogP) is -0.388. The SMILES string of the molecule is CC1CN(c2n[nH]c(N)n2)CCO1. The van der Waals surface area contributed by atoms with Gasteiger partial charge in [-0.25, -0.2) is 5.10 Å². The Bertz CT molecular complexity index is 286. The standard InChI is InChI=1S/C7H13N5O/c1-5-4-12(2-3-13-5)7-9-6(8)10-11-7/h5H,2-4H2,1H3,(H3,8,9,10,11). The van der Waals surface area contributed by atoms with Crippen LogP contribution in [0.2, 0.25) is 0 Å². The van der Waals surface area contributed by atoms with Gasteiger partial charge in [-0.2, -0.15) is 4.98 Å². The lowest BCUT2D eigenvalue weighted by Gasteiger charge is -2.29. The number of hydrogen-bond donors (Lipinski definition) is 2. The summed E-state index contributed by atoms with van der Waals surface area (Å²) in [6.07, 6.45) is 0.230. The average molecular weight is 183 g/mol. The first-order chi connectivity index (χ1) is 6.25. The second kappa shape index (κ2) is 3.21. The number of aromatic nitrogens is 3. The molecule has 6 nitrogen and oxygen atoms in total. The van der Waals surface area contributed by atoms with E-state index >= 15 is 0 Å². The normalized spacial score (nSPS) is 23.5. The van der Waals surface area contributed by atoms with Gasteiger partial charge in [0, 0.05) is 13.1 Å². The molecule has 72 valence electrons. The van der Waals surface area contributed by atoms with Gasteiger partial charge in [0.1, 0.15) is 0 Å². The van der Waals surface area contributed by atoms with Crippen molar-refractivity contribution < 1.29 is 4.74 Å². The number of nitrogens with one attached hydrogen (secondary N) is 1. The average Bonchev–Trinajstić information content (AvgIpc) is 2.52. The molecule has 0 saturated carbocycles. The van der Waals surface area contributed by atoms with Crippen LogP contribution in [0.1, 0.15) is 6.92 Å². The highest BCUT2D eigenvalue weighted by atomic mass is 16.5. The van der Waals surface area contributed by atoms with Crippen molar-refractivity contribution in [1.29, 1.82) is 0 Å². The van der Waals surface area contributed by atoms with E-state index in [2.05, 4.69) is 20.1 Å².